The molecule has 0 amide bonds. The van der Waals surface area contributed by atoms with Gasteiger partial charge in [-0.3, -0.25) is 0 Å². The third-order valence-electron chi connectivity index (χ3n) is 9.66. The smallest absolute Gasteiger partial charge is 0.159 e. The first-order chi connectivity index (χ1) is 24.3. The molecule has 8 aromatic carbocycles. The highest BCUT2D eigenvalue weighted by molar-refractivity contribution is 6.21. The Balaban J connectivity index is 1.20. The van der Waals surface area contributed by atoms with Crippen molar-refractivity contribution in [3.63, 3.8) is 0 Å². The zero-order valence-electron chi connectivity index (χ0n) is 26.5. The molecular weight excluding hydrogens is 599 g/mol. The lowest BCUT2D eigenvalue weighted by Crippen LogP contribution is -2.10. The standard InChI is InChI=1S/C46H29NO2/c1-2-11-30(12-3-1)31-23-26-34(27-24-31)47(40-20-9-19-39-45-36-16-5-4-13-32(36)25-28-43(45)49-46(39)40)35-15-8-14-33(29-35)37-18-10-22-42-44(37)38-17-6-7-21-41(38)48-42/h1-29H. The molecule has 3 heteroatoms. The van der Waals surface area contributed by atoms with Crippen molar-refractivity contribution in [2.24, 2.45) is 0 Å². The number of rotatable bonds is 5. The number of fused-ring (bicyclic) bond motifs is 8. The molecule has 0 spiro atoms. The molecular formula is C46H29NO2. The number of furan rings is 2. The molecule has 0 radical (unpaired) electrons. The molecule has 2 heterocycles. The Morgan fingerprint density at radius 1 is 0.367 bits per heavy atom. The van der Waals surface area contributed by atoms with Crippen LogP contribution >= 0.6 is 0 Å². The van der Waals surface area contributed by atoms with Crippen molar-refractivity contribution in [2.45, 2.75) is 0 Å². The topological polar surface area (TPSA) is 29.5 Å². The Morgan fingerprint density at radius 3 is 1.94 bits per heavy atom. The molecule has 0 N–H and O–H groups in total. The van der Waals surface area contributed by atoms with Crippen molar-refractivity contribution >= 4 is 71.7 Å². The fourth-order valence-electron chi connectivity index (χ4n) is 7.42. The number of hydrogen-bond acceptors (Lipinski definition) is 3. The second-order valence-electron chi connectivity index (χ2n) is 12.5. The third-order valence-corrected chi connectivity index (χ3v) is 9.66. The minimum atomic E-state index is 0.856. The Labute approximate surface area is 282 Å². The van der Waals surface area contributed by atoms with E-state index >= 15 is 0 Å². The van der Waals surface area contributed by atoms with E-state index < -0.39 is 0 Å². The second kappa shape index (κ2) is 11.0. The largest absolute Gasteiger partial charge is 0.456 e. The molecule has 10 rings (SSSR count). The quantitative estimate of drug-likeness (QED) is 0.190. The molecule has 0 unspecified atom stereocenters. The number of benzene rings is 8. The van der Waals surface area contributed by atoms with Gasteiger partial charge in [-0.05, 0) is 81.6 Å². The summed E-state index contributed by atoms with van der Waals surface area (Å²) in [6.45, 7) is 0. The van der Waals surface area contributed by atoms with Crippen LogP contribution in [-0.2, 0) is 0 Å². The van der Waals surface area contributed by atoms with Crippen LogP contribution in [0.2, 0.25) is 0 Å². The summed E-state index contributed by atoms with van der Waals surface area (Å²) < 4.78 is 13.0. The van der Waals surface area contributed by atoms with E-state index in [9.17, 15) is 0 Å². The van der Waals surface area contributed by atoms with Gasteiger partial charge in [0.25, 0.3) is 0 Å². The minimum Gasteiger partial charge on any atom is -0.456 e. The van der Waals surface area contributed by atoms with Crippen molar-refractivity contribution in [2.75, 3.05) is 4.90 Å². The minimum absolute atomic E-state index is 0.856. The monoisotopic (exact) mass is 627 g/mol. The Bertz CT molecular complexity index is 2830. The summed E-state index contributed by atoms with van der Waals surface area (Å²) in [5, 5.41) is 6.87. The molecule has 10 aromatic rings. The summed E-state index contributed by atoms with van der Waals surface area (Å²) >= 11 is 0. The van der Waals surface area contributed by atoms with E-state index in [1.54, 1.807) is 0 Å². The van der Waals surface area contributed by atoms with Gasteiger partial charge >= 0.3 is 0 Å². The molecule has 0 bridgehead atoms. The van der Waals surface area contributed by atoms with Gasteiger partial charge < -0.3 is 13.7 Å². The average Bonchev–Trinajstić information content (AvgIpc) is 3.75. The normalized spacial score (nSPS) is 11.7. The molecule has 49 heavy (non-hydrogen) atoms. The first kappa shape index (κ1) is 27.5. The molecule has 0 atom stereocenters. The molecule has 0 aliphatic heterocycles. The summed E-state index contributed by atoms with van der Waals surface area (Å²) in [7, 11) is 0. The fourth-order valence-corrected chi connectivity index (χ4v) is 7.42. The van der Waals surface area contributed by atoms with Crippen molar-refractivity contribution in [3.8, 4) is 22.3 Å². The van der Waals surface area contributed by atoms with Gasteiger partial charge in [0.15, 0.2) is 5.58 Å². The summed E-state index contributed by atoms with van der Waals surface area (Å²) in [4.78, 5) is 2.32. The summed E-state index contributed by atoms with van der Waals surface area (Å²) in [6, 6.07) is 61.9. The zero-order valence-corrected chi connectivity index (χ0v) is 26.5. The van der Waals surface area contributed by atoms with Gasteiger partial charge in [-0.2, -0.15) is 0 Å². The van der Waals surface area contributed by atoms with E-state index in [0.29, 0.717) is 0 Å². The highest BCUT2D eigenvalue weighted by Gasteiger charge is 2.21. The fraction of sp³-hybridized carbons (Fsp3) is 0. The maximum atomic E-state index is 6.76. The predicted molar refractivity (Wildman–Crippen MR) is 204 cm³/mol. The predicted octanol–water partition coefficient (Wildman–Crippen LogP) is 13.4. The number of hydrogen-bond donors (Lipinski definition) is 0. The van der Waals surface area contributed by atoms with Gasteiger partial charge in [0.05, 0.1) is 5.69 Å². The van der Waals surface area contributed by atoms with Crippen molar-refractivity contribution in [3.05, 3.63) is 176 Å². The first-order valence-corrected chi connectivity index (χ1v) is 16.6. The number of anilines is 3. The van der Waals surface area contributed by atoms with Gasteiger partial charge in [0.2, 0.25) is 0 Å². The third kappa shape index (κ3) is 4.44. The molecule has 230 valence electrons. The van der Waals surface area contributed by atoms with Crippen LogP contribution in [0.25, 0.3) is 76.9 Å². The van der Waals surface area contributed by atoms with Gasteiger partial charge in [-0.15, -0.1) is 0 Å². The van der Waals surface area contributed by atoms with E-state index in [1.807, 2.05) is 12.1 Å². The zero-order chi connectivity index (χ0) is 32.3. The Kier molecular flexibility index (Phi) is 6.18. The second-order valence-corrected chi connectivity index (χ2v) is 12.5. The molecule has 0 aliphatic carbocycles. The Morgan fingerprint density at radius 2 is 1.04 bits per heavy atom. The molecule has 0 fully saturated rings. The van der Waals surface area contributed by atoms with Crippen LogP contribution in [0.4, 0.5) is 17.1 Å². The molecule has 0 saturated carbocycles. The van der Waals surface area contributed by atoms with Crippen LogP contribution < -0.4 is 4.90 Å². The van der Waals surface area contributed by atoms with E-state index in [4.69, 9.17) is 8.83 Å². The number of nitrogens with zero attached hydrogens (tertiary/aromatic N) is 1. The highest BCUT2D eigenvalue weighted by Crippen LogP contribution is 2.45. The van der Waals surface area contributed by atoms with Crippen LogP contribution in [0.3, 0.4) is 0 Å². The van der Waals surface area contributed by atoms with Crippen LogP contribution in [0.15, 0.2) is 185 Å². The van der Waals surface area contributed by atoms with Crippen molar-refractivity contribution in [1.29, 1.82) is 0 Å². The van der Waals surface area contributed by atoms with E-state index in [0.717, 1.165) is 72.1 Å². The van der Waals surface area contributed by atoms with Gasteiger partial charge in [0.1, 0.15) is 16.7 Å². The van der Waals surface area contributed by atoms with Gasteiger partial charge in [-0.25, -0.2) is 0 Å². The van der Waals surface area contributed by atoms with Crippen LogP contribution in [0, 0.1) is 0 Å². The summed E-state index contributed by atoms with van der Waals surface area (Å²) in [5.41, 5.74) is 11.2. The van der Waals surface area contributed by atoms with Crippen LogP contribution in [0.5, 0.6) is 0 Å². The first-order valence-electron chi connectivity index (χ1n) is 16.6. The molecule has 0 aliphatic rings. The molecule has 2 aromatic heterocycles. The van der Waals surface area contributed by atoms with E-state index in [2.05, 4.69) is 169 Å². The maximum absolute atomic E-state index is 6.76. The van der Waals surface area contributed by atoms with Gasteiger partial charge in [0, 0.05) is 32.9 Å². The van der Waals surface area contributed by atoms with Crippen molar-refractivity contribution < 1.29 is 8.83 Å². The van der Waals surface area contributed by atoms with Crippen LogP contribution in [-0.4, -0.2) is 0 Å². The SMILES string of the molecule is c1ccc(-c2ccc(N(c3cccc(-c4cccc5oc6ccccc6c45)c3)c3cccc4c3oc3ccc5ccccc5c34)cc2)cc1. The van der Waals surface area contributed by atoms with Gasteiger partial charge in [-0.1, -0.05) is 127 Å². The Hall–Kier alpha value is -6.58. The van der Waals surface area contributed by atoms with E-state index in [-0.39, 0.29) is 0 Å². The summed E-state index contributed by atoms with van der Waals surface area (Å²) in [5.74, 6) is 0. The van der Waals surface area contributed by atoms with Crippen molar-refractivity contribution in [1.82, 2.24) is 0 Å². The number of para-hydroxylation sites is 2. The highest BCUT2D eigenvalue weighted by atomic mass is 16.3. The van der Waals surface area contributed by atoms with Crippen LogP contribution in [0.1, 0.15) is 0 Å². The maximum Gasteiger partial charge on any atom is 0.159 e. The molecule has 0 saturated heterocycles. The lowest BCUT2D eigenvalue weighted by Gasteiger charge is -2.26. The molecule has 3 nitrogen and oxygen atoms in total. The van der Waals surface area contributed by atoms with E-state index in [1.165, 1.54) is 21.9 Å². The lowest BCUT2D eigenvalue weighted by atomic mass is 9.98. The summed E-state index contributed by atoms with van der Waals surface area (Å²) in [6.07, 6.45) is 0. The lowest BCUT2D eigenvalue weighted by molar-refractivity contribution is 0.669. The average molecular weight is 628 g/mol.